The lowest BCUT2D eigenvalue weighted by Gasteiger charge is -2.39. The molecule has 3 aromatic carbocycles. The van der Waals surface area contributed by atoms with E-state index >= 15 is 0 Å². The molecule has 0 saturated carbocycles. The van der Waals surface area contributed by atoms with E-state index in [-0.39, 0.29) is 30.2 Å². The molecule has 0 aromatic heterocycles. The molecular weight excluding hydrogens is 444 g/mol. The van der Waals surface area contributed by atoms with Gasteiger partial charge in [0.25, 0.3) is 0 Å². The number of piperidine rings is 1. The van der Waals surface area contributed by atoms with Crippen molar-refractivity contribution in [1.82, 2.24) is 10.2 Å². The molecule has 0 unspecified atom stereocenters. The number of carbonyl (C=O) groups excluding carboxylic acids is 1. The molecule has 4 rings (SSSR count). The van der Waals surface area contributed by atoms with Crippen molar-refractivity contribution in [1.29, 1.82) is 0 Å². The molecule has 1 aliphatic heterocycles. The van der Waals surface area contributed by atoms with Gasteiger partial charge in [-0.05, 0) is 53.8 Å². The predicted molar refractivity (Wildman–Crippen MR) is 122 cm³/mol. The lowest BCUT2D eigenvalue weighted by molar-refractivity contribution is -0.137. The van der Waals surface area contributed by atoms with Gasteiger partial charge < -0.3 is 5.32 Å². The van der Waals surface area contributed by atoms with Crippen LogP contribution in [0.1, 0.15) is 41.1 Å². The maximum Gasteiger partial charge on any atom is 0.416 e. The van der Waals surface area contributed by atoms with Crippen LogP contribution >= 0.6 is 0 Å². The van der Waals surface area contributed by atoms with Gasteiger partial charge in [0, 0.05) is 25.7 Å². The van der Waals surface area contributed by atoms with Crippen LogP contribution < -0.4 is 5.32 Å². The third-order valence-electron chi connectivity index (χ3n) is 6.26. The topological polar surface area (TPSA) is 32.3 Å². The molecule has 7 heteroatoms. The van der Waals surface area contributed by atoms with Crippen LogP contribution in [-0.4, -0.2) is 17.4 Å². The second-order valence-corrected chi connectivity index (χ2v) is 8.67. The SMILES string of the molecule is O=C(NCc1cccc(C(F)(F)F)c1)[C@H]1CC[C@@H](c2ccccc2)N(Cc2ccc(F)cc2)C1. The van der Waals surface area contributed by atoms with Crippen LogP contribution in [0.15, 0.2) is 78.9 Å². The lowest BCUT2D eigenvalue weighted by Crippen LogP contribution is -2.44. The quantitative estimate of drug-likeness (QED) is 0.441. The summed E-state index contributed by atoms with van der Waals surface area (Å²) in [5.74, 6) is -0.756. The summed E-state index contributed by atoms with van der Waals surface area (Å²) >= 11 is 0. The fraction of sp³-hybridized carbons (Fsp3) is 0.296. The van der Waals surface area contributed by atoms with E-state index in [0.29, 0.717) is 25.1 Å². The van der Waals surface area contributed by atoms with E-state index in [1.165, 1.54) is 18.2 Å². The van der Waals surface area contributed by atoms with Gasteiger partial charge in [0.05, 0.1) is 11.5 Å². The van der Waals surface area contributed by atoms with Crippen LogP contribution in [0.5, 0.6) is 0 Å². The van der Waals surface area contributed by atoms with Crippen LogP contribution in [0, 0.1) is 11.7 Å². The predicted octanol–water partition coefficient (Wildman–Crippen LogP) is 6.11. The molecule has 1 aliphatic rings. The second kappa shape index (κ2) is 10.4. The number of benzene rings is 3. The van der Waals surface area contributed by atoms with Crippen molar-refractivity contribution in [2.24, 2.45) is 5.92 Å². The molecule has 0 spiro atoms. The first kappa shape index (κ1) is 24.0. The van der Waals surface area contributed by atoms with E-state index in [1.54, 1.807) is 18.2 Å². The third kappa shape index (κ3) is 6.03. The van der Waals surface area contributed by atoms with Gasteiger partial charge in [-0.3, -0.25) is 9.69 Å². The van der Waals surface area contributed by atoms with Crippen molar-refractivity contribution >= 4 is 5.91 Å². The highest BCUT2D eigenvalue weighted by Gasteiger charge is 2.33. The van der Waals surface area contributed by atoms with Crippen molar-refractivity contribution in [3.63, 3.8) is 0 Å². The Labute approximate surface area is 196 Å². The average molecular weight is 471 g/mol. The van der Waals surface area contributed by atoms with Gasteiger partial charge in [-0.2, -0.15) is 13.2 Å². The molecule has 1 saturated heterocycles. The molecule has 178 valence electrons. The van der Waals surface area contributed by atoms with Crippen LogP contribution in [0.4, 0.5) is 17.6 Å². The maximum atomic E-state index is 13.4. The molecule has 3 nitrogen and oxygen atoms in total. The Kier molecular flexibility index (Phi) is 7.32. The number of hydrogen-bond acceptors (Lipinski definition) is 2. The number of carbonyl (C=O) groups is 1. The smallest absolute Gasteiger partial charge is 0.352 e. The Morgan fingerprint density at radius 3 is 2.35 bits per heavy atom. The van der Waals surface area contributed by atoms with Gasteiger partial charge in [-0.1, -0.05) is 54.6 Å². The molecule has 1 heterocycles. The Balaban J connectivity index is 1.44. The van der Waals surface area contributed by atoms with Crippen molar-refractivity contribution in [3.05, 3.63) is 107 Å². The van der Waals surface area contributed by atoms with Crippen LogP contribution in [0.25, 0.3) is 0 Å². The fourth-order valence-corrected chi connectivity index (χ4v) is 4.50. The Morgan fingerprint density at radius 1 is 0.912 bits per heavy atom. The summed E-state index contributed by atoms with van der Waals surface area (Å²) in [6, 6.07) is 21.5. The zero-order valence-electron chi connectivity index (χ0n) is 18.6. The van der Waals surface area contributed by atoms with E-state index in [0.717, 1.165) is 29.7 Å². The van der Waals surface area contributed by atoms with Gasteiger partial charge in [-0.15, -0.1) is 0 Å². The molecular formula is C27H26F4N2O. The highest BCUT2D eigenvalue weighted by molar-refractivity contribution is 5.79. The maximum absolute atomic E-state index is 13.4. The fourth-order valence-electron chi connectivity index (χ4n) is 4.50. The zero-order valence-corrected chi connectivity index (χ0v) is 18.6. The molecule has 0 radical (unpaired) electrons. The van der Waals surface area contributed by atoms with E-state index in [2.05, 4.69) is 22.3 Å². The first-order chi connectivity index (χ1) is 16.3. The largest absolute Gasteiger partial charge is 0.416 e. The van der Waals surface area contributed by atoms with Gasteiger partial charge in [0.15, 0.2) is 0 Å². The van der Waals surface area contributed by atoms with Crippen molar-refractivity contribution in [2.45, 2.75) is 38.1 Å². The zero-order chi connectivity index (χ0) is 24.1. The number of likely N-dealkylation sites (tertiary alicyclic amines) is 1. The summed E-state index contributed by atoms with van der Waals surface area (Å²) in [6.45, 7) is 1.11. The van der Waals surface area contributed by atoms with Crippen molar-refractivity contribution in [3.8, 4) is 0 Å². The number of alkyl halides is 3. The van der Waals surface area contributed by atoms with Crippen LogP contribution in [0.2, 0.25) is 0 Å². The minimum atomic E-state index is -4.42. The third-order valence-corrected chi connectivity index (χ3v) is 6.26. The van der Waals surface area contributed by atoms with E-state index in [1.807, 2.05) is 18.2 Å². The first-order valence-corrected chi connectivity index (χ1v) is 11.3. The molecule has 34 heavy (non-hydrogen) atoms. The summed E-state index contributed by atoms with van der Waals surface area (Å²) in [6.07, 6.45) is -2.97. The highest BCUT2D eigenvalue weighted by atomic mass is 19.4. The normalized spacial score (nSPS) is 19.1. The van der Waals surface area contributed by atoms with E-state index in [9.17, 15) is 22.4 Å². The number of amides is 1. The van der Waals surface area contributed by atoms with Crippen LogP contribution in [0.3, 0.4) is 0 Å². The molecule has 1 N–H and O–H groups in total. The van der Waals surface area contributed by atoms with E-state index in [4.69, 9.17) is 0 Å². The Bertz CT molecular complexity index is 1100. The summed E-state index contributed by atoms with van der Waals surface area (Å²) in [7, 11) is 0. The van der Waals surface area contributed by atoms with Crippen molar-refractivity contribution in [2.75, 3.05) is 6.54 Å². The number of nitrogens with zero attached hydrogens (tertiary/aromatic N) is 1. The van der Waals surface area contributed by atoms with Crippen LogP contribution in [-0.2, 0) is 24.1 Å². The number of rotatable bonds is 6. The lowest BCUT2D eigenvalue weighted by atomic mass is 9.88. The summed E-state index contributed by atoms with van der Waals surface area (Å²) in [5.41, 5.74) is 1.79. The van der Waals surface area contributed by atoms with Gasteiger partial charge in [0.2, 0.25) is 5.91 Å². The standard InChI is InChI=1S/C27H26F4N2O/c28-24-12-9-19(10-13-24)17-33-18-22(11-14-25(33)21-6-2-1-3-7-21)26(34)32-16-20-5-4-8-23(15-20)27(29,30)31/h1-10,12-13,15,22,25H,11,14,16-18H2,(H,32,34)/t22-,25-/m0/s1. The van der Waals surface area contributed by atoms with Crippen molar-refractivity contribution < 1.29 is 22.4 Å². The van der Waals surface area contributed by atoms with E-state index < -0.39 is 11.7 Å². The number of halogens is 4. The Morgan fingerprint density at radius 2 is 1.65 bits per heavy atom. The van der Waals surface area contributed by atoms with Gasteiger partial charge in [-0.25, -0.2) is 4.39 Å². The molecule has 3 aromatic rings. The summed E-state index contributed by atoms with van der Waals surface area (Å²) in [5, 5.41) is 2.81. The molecule has 0 aliphatic carbocycles. The minimum absolute atomic E-state index is 0.0410. The second-order valence-electron chi connectivity index (χ2n) is 8.67. The average Bonchev–Trinajstić information content (AvgIpc) is 2.84. The van der Waals surface area contributed by atoms with Gasteiger partial charge >= 0.3 is 6.18 Å². The molecule has 1 fully saturated rings. The molecule has 0 bridgehead atoms. The number of hydrogen-bond donors (Lipinski definition) is 1. The molecule has 1 amide bonds. The highest BCUT2D eigenvalue weighted by Crippen LogP contribution is 2.35. The number of nitrogens with one attached hydrogen (secondary N) is 1. The Hall–Kier alpha value is -3.19. The minimum Gasteiger partial charge on any atom is -0.352 e. The first-order valence-electron chi connectivity index (χ1n) is 11.3. The monoisotopic (exact) mass is 470 g/mol. The summed E-state index contributed by atoms with van der Waals surface area (Å²) < 4.78 is 52.3. The van der Waals surface area contributed by atoms with Gasteiger partial charge in [0.1, 0.15) is 5.82 Å². The summed E-state index contributed by atoms with van der Waals surface area (Å²) in [4.78, 5) is 15.2. The molecule has 2 atom stereocenters.